The highest BCUT2D eigenvalue weighted by molar-refractivity contribution is 5.93. The molecule has 0 saturated carbocycles. The molecule has 0 radical (unpaired) electrons. The first-order valence-corrected chi connectivity index (χ1v) is 10.1. The predicted octanol–water partition coefficient (Wildman–Crippen LogP) is 5.87. The number of halogens is 1. The van der Waals surface area contributed by atoms with Crippen LogP contribution in [-0.4, -0.2) is 12.5 Å². The van der Waals surface area contributed by atoms with Crippen LogP contribution in [0.4, 0.5) is 15.8 Å². The van der Waals surface area contributed by atoms with Crippen molar-refractivity contribution < 1.29 is 9.18 Å². The molecule has 2 atom stereocenters. The van der Waals surface area contributed by atoms with Crippen molar-refractivity contribution in [3.05, 3.63) is 58.4 Å². The summed E-state index contributed by atoms with van der Waals surface area (Å²) in [6.07, 6.45) is 1.47. The van der Waals surface area contributed by atoms with Gasteiger partial charge in [0.1, 0.15) is 5.82 Å². The van der Waals surface area contributed by atoms with E-state index in [4.69, 9.17) is 0 Å². The van der Waals surface area contributed by atoms with Gasteiger partial charge in [-0.05, 0) is 60.6 Å². The normalized spacial score (nSPS) is 20.4. The molecule has 3 nitrogen and oxygen atoms in total. The highest BCUT2D eigenvalue weighted by atomic mass is 19.1. The largest absolute Gasteiger partial charge is 0.364 e. The van der Waals surface area contributed by atoms with Gasteiger partial charge in [-0.1, -0.05) is 32.9 Å². The van der Waals surface area contributed by atoms with Crippen LogP contribution in [0.5, 0.6) is 0 Å². The van der Waals surface area contributed by atoms with Gasteiger partial charge in [0.05, 0.1) is 6.04 Å². The molecule has 1 amide bonds. The number of fused-ring (bicyclic) bond motifs is 5. The zero-order chi connectivity index (χ0) is 20.2. The van der Waals surface area contributed by atoms with Gasteiger partial charge in [0.25, 0.3) is 0 Å². The average Bonchev–Trinajstić information content (AvgIpc) is 3.16. The highest BCUT2D eigenvalue weighted by Crippen LogP contribution is 2.52. The van der Waals surface area contributed by atoms with E-state index in [-0.39, 0.29) is 23.2 Å². The fourth-order valence-corrected chi connectivity index (χ4v) is 4.85. The first-order valence-electron chi connectivity index (χ1n) is 10.1. The van der Waals surface area contributed by atoms with Gasteiger partial charge in [-0.3, -0.25) is 4.79 Å². The van der Waals surface area contributed by atoms with Crippen LogP contribution in [0.25, 0.3) is 0 Å². The van der Waals surface area contributed by atoms with Crippen molar-refractivity contribution in [1.29, 1.82) is 0 Å². The second kappa shape index (κ2) is 6.61. The van der Waals surface area contributed by atoms with Crippen molar-refractivity contribution in [2.45, 2.75) is 59.4 Å². The van der Waals surface area contributed by atoms with Crippen LogP contribution >= 0.6 is 0 Å². The Labute approximate surface area is 166 Å². The third-order valence-corrected chi connectivity index (χ3v) is 5.97. The van der Waals surface area contributed by atoms with Crippen LogP contribution in [0.3, 0.4) is 0 Å². The molecule has 0 aromatic heterocycles. The lowest BCUT2D eigenvalue weighted by atomic mass is 9.92. The number of nitrogens with one attached hydrogen (secondary N) is 1. The molecular formula is C24H29FN2O. The zero-order valence-corrected chi connectivity index (χ0v) is 17.4. The van der Waals surface area contributed by atoms with Crippen molar-refractivity contribution in [3.63, 3.8) is 0 Å². The highest BCUT2D eigenvalue weighted by Gasteiger charge is 2.44. The Balaban J connectivity index is 1.60. The van der Waals surface area contributed by atoms with E-state index in [1.165, 1.54) is 5.56 Å². The predicted molar refractivity (Wildman–Crippen MR) is 112 cm³/mol. The van der Waals surface area contributed by atoms with Crippen molar-refractivity contribution in [3.8, 4) is 0 Å². The average molecular weight is 381 g/mol. The summed E-state index contributed by atoms with van der Waals surface area (Å²) >= 11 is 0. The summed E-state index contributed by atoms with van der Waals surface area (Å²) in [5.74, 6) is 0.361. The number of nitrogens with zero attached hydrogens (tertiary/aromatic N) is 1. The Morgan fingerprint density at radius 1 is 1.21 bits per heavy atom. The SMILES string of the molecule is Cc1cc(N2C[C@@H]3C[C@@H]2c2c(F)cccc23)cc(C)c1NC(=O)CC(C)(C)C. The summed E-state index contributed by atoms with van der Waals surface area (Å²) in [7, 11) is 0. The molecule has 4 heteroatoms. The Kier molecular flexibility index (Phi) is 4.48. The quantitative estimate of drug-likeness (QED) is 0.723. The Morgan fingerprint density at radius 3 is 2.54 bits per heavy atom. The number of rotatable bonds is 3. The molecule has 2 aromatic carbocycles. The molecule has 0 spiro atoms. The van der Waals surface area contributed by atoms with Gasteiger partial charge >= 0.3 is 0 Å². The molecular weight excluding hydrogens is 351 g/mol. The molecule has 1 aliphatic heterocycles. The van der Waals surface area contributed by atoms with E-state index >= 15 is 0 Å². The maximum absolute atomic E-state index is 14.5. The van der Waals surface area contributed by atoms with Crippen LogP contribution in [-0.2, 0) is 4.79 Å². The van der Waals surface area contributed by atoms with Gasteiger partial charge in [0.15, 0.2) is 0 Å². The van der Waals surface area contributed by atoms with E-state index in [0.29, 0.717) is 12.3 Å². The maximum Gasteiger partial charge on any atom is 0.224 e. The van der Waals surface area contributed by atoms with Gasteiger partial charge in [-0.25, -0.2) is 4.39 Å². The standard InChI is InChI=1S/C24H29FN2O/c1-14-9-17(10-15(2)23(14)26-21(28)12-24(3,4)5)27-13-16-11-20(27)22-18(16)7-6-8-19(22)25/h6-10,16,20H,11-13H2,1-5H3,(H,26,28)/t16-,20+/m0/s1. The number of hydrogen-bond acceptors (Lipinski definition) is 2. The van der Waals surface area contributed by atoms with E-state index in [2.05, 4.69) is 49.2 Å². The summed E-state index contributed by atoms with van der Waals surface area (Å²) in [5, 5.41) is 3.09. The van der Waals surface area contributed by atoms with Crippen LogP contribution in [0.1, 0.15) is 67.8 Å². The number of carbonyl (C=O) groups is 1. The fourth-order valence-electron chi connectivity index (χ4n) is 4.85. The molecule has 1 aliphatic carbocycles. The number of amides is 1. The summed E-state index contributed by atoms with van der Waals surface area (Å²) in [4.78, 5) is 14.7. The van der Waals surface area contributed by atoms with E-state index in [1.807, 2.05) is 19.9 Å². The molecule has 2 aliphatic rings. The van der Waals surface area contributed by atoms with Gasteiger partial charge in [-0.2, -0.15) is 0 Å². The minimum absolute atomic E-state index is 0.0436. The van der Waals surface area contributed by atoms with Crippen LogP contribution in [0.2, 0.25) is 0 Å². The first kappa shape index (κ1) is 19.0. The van der Waals surface area contributed by atoms with Crippen molar-refractivity contribution >= 4 is 17.3 Å². The van der Waals surface area contributed by atoms with Crippen molar-refractivity contribution in [2.24, 2.45) is 5.41 Å². The van der Waals surface area contributed by atoms with Gasteiger partial charge in [0, 0.05) is 35.8 Å². The molecule has 2 bridgehead atoms. The topological polar surface area (TPSA) is 32.3 Å². The molecule has 4 rings (SSSR count). The second-order valence-corrected chi connectivity index (χ2v) is 9.58. The molecule has 148 valence electrons. The number of carbonyl (C=O) groups excluding carboxylic acids is 1. The smallest absolute Gasteiger partial charge is 0.224 e. The molecule has 1 saturated heterocycles. The number of benzene rings is 2. The Hall–Kier alpha value is -2.36. The molecule has 28 heavy (non-hydrogen) atoms. The van der Waals surface area contributed by atoms with Crippen molar-refractivity contribution in [2.75, 3.05) is 16.8 Å². The van der Waals surface area contributed by atoms with Gasteiger partial charge in [-0.15, -0.1) is 0 Å². The first-order chi connectivity index (χ1) is 13.1. The second-order valence-electron chi connectivity index (χ2n) is 9.58. The summed E-state index contributed by atoms with van der Waals surface area (Å²) in [6.45, 7) is 11.2. The third-order valence-electron chi connectivity index (χ3n) is 5.97. The van der Waals surface area contributed by atoms with E-state index in [9.17, 15) is 9.18 Å². The lowest BCUT2D eigenvalue weighted by molar-refractivity contribution is -0.117. The number of hydrogen-bond donors (Lipinski definition) is 1. The Bertz CT molecular complexity index is 921. The third kappa shape index (κ3) is 3.30. The summed E-state index contributed by atoms with van der Waals surface area (Å²) in [5.41, 5.74) is 6.12. The molecule has 1 N–H and O–H groups in total. The van der Waals surface area contributed by atoms with Crippen molar-refractivity contribution in [1.82, 2.24) is 0 Å². The fraction of sp³-hybridized carbons (Fsp3) is 0.458. The van der Waals surface area contributed by atoms with Gasteiger partial charge in [0.2, 0.25) is 5.91 Å². The lowest BCUT2D eigenvalue weighted by Gasteiger charge is -2.32. The van der Waals surface area contributed by atoms with Gasteiger partial charge < -0.3 is 10.2 Å². The maximum atomic E-state index is 14.5. The molecule has 1 fully saturated rings. The van der Waals surface area contributed by atoms with Crippen LogP contribution in [0.15, 0.2) is 30.3 Å². The lowest BCUT2D eigenvalue weighted by Crippen LogP contribution is -2.28. The zero-order valence-electron chi connectivity index (χ0n) is 17.4. The van der Waals surface area contributed by atoms with E-state index < -0.39 is 0 Å². The Morgan fingerprint density at radius 2 is 1.89 bits per heavy atom. The monoisotopic (exact) mass is 380 g/mol. The van der Waals surface area contributed by atoms with E-state index in [1.54, 1.807) is 6.07 Å². The van der Waals surface area contributed by atoms with Crippen LogP contribution in [0, 0.1) is 25.1 Å². The minimum Gasteiger partial charge on any atom is -0.364 e. The molecule has 1 heterocycles. The summed E-state index contributed by atoms with van der Waals surface area (Å²) in [6, 6.07) is 9.83. The number of aryl methyl sites for hydroxylation is 2. The number of anilines is 2. The molecule has 0 unspecified atom stereocenters. The van der Waals surface area contributed by atoms with E-state index in [0.717, 1.165) is 41.0 Å². The molecule has 2 aromatic rings. The van der Waals surface area contributed by atoms with Crippen LogP contribution < -0.4 is 10.2 Å². The summed E-state index contributed by atoms with van der Waals surface area (Å²) < 4.78 is 14.5. The minimum atomic E-state index is -0.0887.